The molecule has 0 atom stereocenters. The van der Waals surface area contributed by atoms with Crippen LogP contribution in [0.25, 0.3) is 0 Å². The highest BCUT2D eigenvalue weighted by atomic mass is 19.4. The molecule has 160 valence electrons. The first-order valence-electron chi connectivity index (χ1n) is 9.50. The molecule has 6 heteroatoms. The number of alkyl halides is 6. The second-order valence-corrected chi connectivity index (χ2v) is 8.20. The molecule has 2 aromatic carbocycles. The Hall–Kier alpha value is -1.98. The van der Waals surface area contributed by atoms with Crippen molar-refractivity contribution in [3.63, 3.8) is 0 Å². The fourth-order valence-electron chi connectivity index (χ4n) is 3.79. The number of aryl methyl sites for hydroxylation is 2. The highest BCUT2D eigenvalue weighted by Crippen LogP contribution is 2.56. The van der Waals surface area contributed by atoms with E-state index in [4.69, 9.17) is 0 Å². The smallest absolute Gasteiger partial charge is 0.169 e. The standard InChI is InChI=1S/C23H26F6/c1-13(2)19-10-9-18(12-20(19)14(3)4)21(22(24,25)26,23(27,28)29)17-8-7-15(5)16(6)11-17/h7-14H,1-6H3. The highest BCUT2D eigenvalue weighted by Gasteiger charge is 2.72. The van der Waals surface area contributed by atoms with Crippen LogP contribution in [0.3, 0.4) is 0 Å². The van der Waals surface area contributed by atoms with Gasteiger partial charge in [-0.2, -0.15) is 26.3 Å². The summed E-state index contributed by atoms with van der Waals surface area (Å²) in [4.78, 5) is 0. The summed E-state index contributed by atoms with van der Waals surface area (Å²) in [5, 5.41) is 0. The lowest BCUT2D eigenvalue weighted by molar-refractivity contribution is -0.288. The lowest BCUT2D eigenvalue weighted by Crippen LogP contribution is -2.54. The van der Waals surface area contributed by atoms with Crippen LogP contribution in [0.1, 0.15) is 72.9 Å². The molecule has 29 heavy (non-hydrogen) atoms. The maximum atomic E-state index is 14.3. The van der Waals surface area contributed by atoms with Gasteiger partial charge in [0.15, 0.2) is 0 Å². The number of rotatable bonds is 4. The van der Waals surface area contributed by atoms with Crippen LogP contribution in [0, 0.1) is 13.8 Å². The SMILES string of the molecule is Cc1ccc(C(c2ccc(C(C)C)c(C(C)C)c2)(C(F)(F)F)C(F)(F)F)cc1C. The van der Waals surface area contributed by atoms with E-state index in [9.17, 15) is 26.3 Å². The van der Waals surface area contributed by atoms with Crippen molar-refractivity contribution in [3.8, 4) is 0 Å². The molecule has 0 bridgehead atoms. The van der Waals surface area contributed by atoms with Gasteiger partial charge < -0.3 is 0 Å². The lowest BCUT2D eigenvalue weighted by atomic mass is 9.71. The summed E-state index contributed by atoms with van der Waals surface area (Å²) in [5.74, 6) is -0.236. The maximum Gasteiger partial charge on any atom is 0.411 e. The van der Waals surface area contributed by atoms with Crippen LogP contribution < -0.4 is 0 Å². The molecule has 0 saturated heterocycles. The van der Waals surface area contributed by atoms with E-state index in [0.717, 1.165) is 29.8 Å². The van der Waals surface area contributed by atoms with Gasteiger partial charge in [0, 0.05) is 0 Å². The number of benzene rings is 2. The Labute approximate surface area is 167 Å². The van der Waals surface area contributed by atoms with Crippen LogP contribution in [0.15, 0.2) is 36.4 Å². The second kappa shape index (κ2) is 7.69. The fraction of sp³-hybridized carbons (Fsp3) is 0.478. The highest BCUT2D eigenvalue weighted by molar-refractivity contribution is 5.49. The van der Waals surface area contributed by atoms with Crippen molar-refractivity contribution in [1.29, 1.82) is 0 Å². The first kappa shape index (κ1) is 23.3. The van der Waals surface area contributed by atoms with Crippen molar-refractivity contribution >= 4 is 0 Å². The summed E-state index contributed by atoms with van der Waals surface area (Å²) in [5.41, 5.74) is -3.45. The third kappa shape index (κ3) is 3.90. The van der Waals surface area contributed by atoms with Crippen molar-refractivity contribution in [3.05, 3.63) is 69.8 Å². The first-order chi connectivity index (χ1) is 13.1. The Morgan fingerprint density at radius 3 is 1.45 bits per heavy atom. The fourth-order valence-corrected chi connectivity index (χ4v) is 3.79. The molecule has 0 radical (unpaired) electrons. The van der Waals surface area contributed by atoms with Gasteiger partial charge in [0.1, 0.15) is 0 Å². The van der Waals surface area contributed by atoms with Gasteiger partial charge in [0.2, 0.25) is 5.41 Å². The van der Waals surface area contributed by atoms with Gasteiger partial charge in [0.05, 0.1) is 0 Å². The summed E-state index contributed by atoms with van der Waals surface area (Å²) in [6, 6.07) is 6.73. The zero-order valence-electron chi connectivity index (χ0n) is 17.4. The van der Waals surface area contributed by atoms with Gasteiger partial charge in [-0.1, -0.05) is 64.1 Å². The average molecular weight is 416 g/mol. The van der Waals surface area contributed by atoms with Crippen LogP contribution in [-0.4, -0.2) is 12.4 Å². The van der Waals surface area contributed by atoms with Gasteiger partial charge in [-0.3, -0.25) is 0 Å². The van der Waals surface area contributed by atoms with Crippen LogP contribution in [0.5, 0.6) is 0 Å². The predicted molar refractivity (Wildman–Crippen MR) is 103 cm³/mol. The molecule has 0 unspecified atom stereocenters. The molecule has 0 amide bonds. The van der Waals surface area contributed by atoms with E-state index in [1.54, 1.807) is 20.8 Å². The van der Waals surface area contributed by atoms with Crippen molar-refractivity contribution in [2.24, 2.45) is 0 Å². The van der Waals surface area contributed by atoms with E-state index in [1.807, 2.05) is 13.8 Å². The zero-order chi connectivity index (χ0) is 22.4. The topological polar surface area (TPSA) is 0 Å². The molecule has 0 aromatic heterocycles. The second-order valence-electron chi connectivity index (χ2n) is 8.20. The van der Waals surface area contributed by atoms with Gasteiger partial charge in [0.25, 0.3) is 0 Å². The largest absolute Gasteiger partial charge is 0.411 e. The third-order valence-corrected chi connectivity index (χ3v) is 5.55. The number of hydrogen-bond acceptors (Lipinski definition) is 0. The Bertz CT molecular complexity index is 858. The summed E-state index contributed by atoms with van der Waals surface area (Å²) >= 11 is 0. The lowest BCUT2D eigenvalue weighted by Gasteiger charge is -2.39. The summed E-state index contributed by atoms with van der Waals surface area (Å²) < 4.78 is 86.1. The monoisotopic (exact) mass is 416 g/mol. The molecule has 0 spiro atoms. The summed E-state index contributed by atoms with van der Waals surface area (Å²) in [7, 11) is 0. The molecular weight excluding hydrogens is 390 g/mol. The van der Waals surface area contributed by atoms with E-state index >= 15 is 0 Å². The molecule has 0 nitrogen and oxygen atoms in total. The van der Waals surface area contributed by atoms with E-state index in [0.29, 0.717) is 16.7 Å². The Kier molecular flexibility index (Phi) is 6.18. The molecule has 2 aromatic rings. The maximum absolute atomic E-state index is 14.3. The molecule has 2 rings (SSSR count). The van der Waals surface area contributed by atoms with Crippen molar-refractivity contribution in [1.82, 2.24) is 0 Å². The van der Waals surface area contributed by atoms with Crippen molar-refractivity contribution in [2.75, 3.05) is 0 Å². The van der Waals surface area contributed by atoms with Crippen molar-refractivity contribution in [2.45, 2.75) is 71.1 Å². The molecule has 0 fully saturated rings. The Morgan fingerprint density at radius 1 is 0.586 bits per heavy atom. The molecule has 0 aliphatic heterocycles. The number of halogens is 6. The summed E-state index contributed by atoms with van der Waals surface area (Å²) in [6.07, 6.45) is -11.1. The molecule has 0 N–H and O–H groups in total. The van der Waals surface area contributed by atoms with E-state index in [2.05, 4.69) is 0 Å². The van der Waals surface area contributed by atoms with Crippen LogP contribution in [-0.2, 0) is 5.41 Å². The normalized spacial score (nSPS) is 13.4. The minimum absolute atomic E-state index is 0.0192. The van der Waals surface area contributed by atoms with Gasteiger partial charge in [-0.15, -0.1) is 0 Å². The summed E-state index contributed by atoms with van der Waals surface area (Å²) in [6.45, 7) is 10.4. The quantitative estimate of drug-likeness (QED) is 0.444. The van der Waals surface area contributed by atoms with E-state index in [-0.39, 0.29) is 11.8 Å². The van der Waals surface area contributed by atoms with Gasteiger partial charge in [-0.25, -0.2) is 0 Å². The van der Waals surface area contributed by atoms with E-state index in [1.165, 1.54) is 19.1 Å². The molecule has 0 heterocycles. The Balaban J connectivity index is 2.99. The van der Waals surface area contributed by atoms with Crippen LogP contribution in [0.2, 0.25) is 0 Å². The molecule has 0 aliphatic rings. The average Bonchev–Trinajstić information content (AvgIpc) is 2.55. The molecule has 0 saturated carbocycles. The Morgan fingerprint density at radius 2 is 1.03 bits per heavy atom. The van der Waals surface area contributed by atoms with Gasteiger partial charge >= 0.3 is 12.4 Å². The predicted octanol–water partition coefficient (Wildman–Crippen LogP) is 7.96. The zero-order valence-corrected chi connectivity index (χ0v) is 17.4. The van der Waals surface area contributed by atoms with Crippen LogP contribution >= 0.6 is 0 Å². The third-order valence-electron chi connectivity index (χ3n) is 5.55. The first-order valence-corrected chi connectivity index (χ1v) is 9.50. The van der Waals surface area contributed by atoms with Crippen LogP contribution in [0.4, 0.5) is 26.3 Å². The molecular formula is C23H26F6. The minimum Gasteiger partial charge on any atom is -0.169 e. The van der Waals surface area contributed by atoms with Gasteiger partial charge in [-0.05, 0) is 59.1 Å². The number of hydrogen-bond donors (Lipinski definition) is 0. The molecule has 0 aliphatic carbocycles. The van der Waals surface area contributed by atoms with E-state index < -0.39 is 28.9 Å². The minimum atomic E-state index is -5.57. The van der Waals surface area contributed by atoms with Crippen molar-refractivity contribution < 1.29 is 26.3 Å².